The van der Waals surface area contributed by atoms with E-state index >= 15 is 0 Å². The van der Waals surface area contributed by atoms with Gasteiger partial charge in [-0.15, -0.1) is 161 Å². The predicted octanol–water partition coefficient (Wildman–Crippen LogP) is 5.48. The SMILES string of the molecule is Cl.Cl.Cl.Cl.Cl.Cl.Cl.Cl.Cl.Cl.Cl.Cl.Cl. The quantitative estimate of drug-likeness (QED) is 0.437. The molecule has 13 heavy (non-hydrogen) atoms. The van der Waals surface area contributed by atoms with Crippen LogP contribution in [0.15, 0.2) is 0 Å². The molecule has 0 N–H and O–H groups in total. The lowest BCUT2D eigenvalue weighted by atomic mass is 35.5. The van der Waals surface area contributed by atoms with Crippen molar-refractivity contribution in [2.24, 2.45) is 0 Å². The van der Waals surface area contributed by atoms with Crippen LogP contribution in [-0.4, -0.2) is 0 Å². The van der Waals surface area contributed by atoms with Crippen LogP contribution >= 0.6 is 161 Å². The molecule has 0 saturated heterocycles. The highest BCUT2D eigenvalue weighted by Crippen LogP contribution is 0.702. The van der Waals surface area contributed by atoms with E-state index in [0.29, 0.717) is 0 Å². The van der Waals surface area contributed by atoms with Crippen molar-refractivity contribution in [1.29, 1.82) is 0 Å². The molecule has 0 amide bonds. The van der Waals surface area contributed by atoms with E-state index in [1.165, 1.54) is 0 Å². The summed E-state index contributed by atoms with van der Waals surface area (Å²) in [4.78, 5) is 0. The average Bonchev–Trinajstić information content (AvgIpc) is 0. The zero-order chi connectivity index (χ0) is 0. The fourth-order valence-corrected chi connectivity index (χ4v) is 0. The second kappa shape index (κ2) is 242. The Kier molecular flexibility index (Phi) is 5460. The molecule has 0 aromatic rings. The maximum Gasteiger partial charge on any atom is -0.147 e. The van der Waals surface area contributed by atoms with Crippen molar-refractivity contribution < 1.29 is 0 Å². The lowest BCUT2D eigenvalue weighted by Gasteiger charge is -0.148. The van der Waals surface area contributed by atoms with Gasteiger partial charge in [0.05, 0.1) is 0 Å². The lowest BCUT2D eigenvalue weighted by Crippen LogP contribution is 0.688. The Labute approximate surface area is 159 Å². The monoisotopic (exact) mass is 468 g/mol. The van der Waals surface area contributed by atoms with Crippen LogP contribution in [0.5, 0.6) is 0 Å². The number of halogens is 13. The Morgan fingerprint density at radius 3 is 0.0769 bits per heavy atom. The number of rotatable bonds is 0. The summed E-state index contributed by atoms with van der Waals surface area (Å²) in [5, 5.41) is 0. The largest absolute Gasteiger partial charge is 0.147 e. The summed E-state index contributed by atoms with van der Waals surface area (Å²) in [6.07, 6.45) is 0. The molecule has 0 spiro atoms. The average molecular weight is 474 g/mol. The van der Waals surface area contributed by atoms with Crippen molar-refractivity contribution in [1.82, 2.24) is 0 Å². The summed E-state index contributed by atoms with van der Waals surface area (Å²) in [5.74, 6) is 0. The first kappa shape index (κ1) is 293. The first-order valence-corrected chi connectivity index (χ1v) is 0. The van der Waals surface area contributed by atoms with Crippen LogP contribution in [0.4, 0.5) is 0 Å². The topological polar surface area (TPSA) is 0 Å². The fraction of sp³-hybridized carbons (Fsp3) is 0. The van der Waals surface area contributed by atoms with Crippen LogP contribution in [0.25, 0.3) is 0 Å². The molecule has 0 aliphatic carbocycles. The molecular weight excluding hydrogens is 461 g/mol. The van der Waals surface area contributed by atoms with Crippen molar-refractivity contribution in [3.05, 3.63) is 0 Å². The van der Waals surface area contributed by atoms with Crippen LogP contribution in [0.1, 0.15) is 0 Å². The second-order valence-corrected chi connectivity index (χ2v) is 0. The van der Waals surface area contributed by atoms with Crippen molar-refractivity contribution in [3.8, 4) is 0 Å². The fourth-order valence-electron chi connectivity index (χ4n) is 0. The highest BCUT2D eigenvalue weighted by molar-refractivity contribution is 5.86. The van der Waals surface area contributed by atoms with E-state index in [0.717, 1.165) is 0 Å². The van der Waals surface area contributed by atoms with Gasteiger partial charge in [-0.25, -0.2) is 0 Å². The minimum absolute atomic E-state index is 0. The summed E-state index contributed by atoms with van der Waals surface area (Å²) in [7, 11) is 0. The highest BCUT2D eigenvalue weighted by Gasteiger charge is -0.135. The molecular formula is H13Cl13. The lowest BCUT2D eigenvalue weighted by molar-refractivity contribution is 5.85. The summed E-state index contributed by atoms with van der Waals surface area (Å²) in [5.41, 5.74) is 0. The smallest absolute Gasteiger partial charge is 0.147 e. The highest BCUT2D eigenvalue weighted by atomic mass is 35.5. The van der Waals surface area contributed by atoms with E-state index in [9.17, 15) is 0 Å². The van der Waals surface area contributed by atoms with Gasteiger partial charge >= 0.3 is 0 Å². The van der Waals surface area contributed by atoms with Gasteiger partial charge in [0.2, 0.25) is 0 Å². The van der Waals surface area contributed by atoms with Gasteiger partial charge in [0.1, 0.15) is 0 Å². The minimum Gasteiger partial charge on any atom is -0.147 e. The third-order valence-corrected chi connectivity index (χ3v) is 0. The zero-order valence-corrected chi connectivity index (χ0v) is 15.9. The van der Waals surface area contributed by atoms with E-state index in [4.69, 9.17) is 0 Å². The standard InChI is InChI=1S/13ClH/h13*1H. The van der Waals surface area contributed by atoms with Gasteiger partial charge < -0.3 is 0 Å². The summed E-state index contributed by atoms with van der Waals surface area (Å²) < 4.78 is 0. The maximum atomic E-state index is 0. The Morgan fingerprint density at radius 2 is 0.0769 bits per heavy atom. The molecule has 0 saturated carbocycles. The van der Waals surface area contributed by atoms with Gasteiger partial charge in [0.25, 0.3) is 0 Å². The first-order valence-electron chi connectivity index (χ1n) is 0. The maximum absolute atomic E-state index is 0. The summed E-state index contributed by atoms with van der Waals surface area (Å²) >= 11 is 0. The zero-order valence-electron chi connectivity index (χ0n) is 5.31. The molecule has 0 aromatic heterocycles. The molecule has 0 aromatic carbocycles. The third-order valence-electron chi connectivity index (χ3n) is 0. The van der Waals surface area contributed by atoms with Crippen LogP contribution in [0.3, 0.4) is 0 Å². The normalized spacial score (nSPS) is 0. The van der Waals surface area contributed by atoms with Crippen LogP contribution in [0.2, 0.25) is 0 Å². The van der Waals surface area contributed by atoms with Crippen LogP contribution in [-0.2, 0) is 0 Å². The predicted molar refractivity (Wildman–Crippen MR) is 94.2 cm³/mol. The van der Waals surface area contributed by atoms with Crippen molar-refractivity contribution in [3.63, 3.8) is 0 Å². The molecule has 0 bridgehead atoms. The van der Waals surface area contributed by atoms with E-state index in [1.807, 2.05) is 0 Å². The molecule has 0 radical (unpaired) electrons. The molecule has 0 unspecified atom stereocenters. The van der Waals surface area contributed by atoms with E-state index in [2.05, 4.69) is 0 Å². The molecule has 0 rings (SSSR count). The van der Waals surface area contributed by atoms with Gasteiger partial charge in [-0.05, 0) is 0 Å². The van der Waals surface area contributed by atoms with Gasteiger partial charge in [-0.1, -0.05) is 0 Å². The summed E-state index contributed by atoms with van der Waals surface area (Å²) in [6.45, 7) is 0. The Hall–Kier alpha value is 3.77. The summed E-state index contributed by atoms with van der Waals surface area (Å²) in [6, 6.07) is 0. The molecule has 0 atom stereocenters. The van der Waals surface area contributed by atoms with Crippen molar-refractivity contribution in [2.75, 3.05) is 0 Å². The Balaban J connectivity index is 0. The molecule has 0 aliphatic heterocycles. The van der Waals surface area contributed by atoms with Gasteiger partial charge in [0, 0.05) is 0 Å². The van der Waals surface area contributed by atoms with Gasteiger partial charge in [0.15, 0.2) is 0 Å². The molecule has 0 aliphatic rings. The molecule has 0 nitrogen and oxygen atoms in total. The Morgan fingerprint density at radius 1 is 0.0769 bits per heavy atom. The van der Waals surface area contributed by atoms with E-state index in [-0.39, 0.29) is 161 Å². The minimum atomic E-state index is 0. The van der Waals surface area contributed by atoms with E-state index in [1.54, 1.807) is 0 Å². The Bertz CT molecular complexity index is 0. The van der Waals surface area contributed by atoms with Crippen LogP contribution in [0, 0.1) is 0 Å². The van der Waals surface area contributed by atoms with Crippen molar-refractivity contribution >= 4 is 161 Å². The van der Waals surface area contributed by atoms with Crippen LogP contribution < -0.4 is 0 Å². The third kappa shape index (κ3) is 210. The van der Waals surface area contributed by atoms with Crippen molar-refractivity contribution in [2.45, 2.75) is 0 Å². The molecule has 0 fully saturated rings. The molecule has 0 heterocycles. The molecule has 13 heteroatoms. The molecule has 104 valence electrons. The van der Waals surface area contributed by atoms with Gasteiger partial charge in [-0.2, -0.15) is 0 Å². The number of hydrogen-bond donors (Lipinski definition) is 0. The van der Waals surface area contributed by atoms with E-state index < -0.39 is 0 Å². The number of hydrogen-bond acceptors (Lipinski definition) is 0. The van der Waals surface area contributed by atoms with Gasteiger partial charge in [-0.3, -0.25) is 0 Å². The second-order valence-electron chi connectivity index (χ2n) is 0. The first-order chi connectivity index (χ1) is 0.